The maximum atomic E-state index is 10.6. The number of rotatable bonds is 4. The lowest BCUT2D eigenvalue weighted by Crippen LogP contribution is -2.20. The quantitative estimate of drug-likeness (QED) is 0.407. The molecule has 0 saturated carbocycles. The summed E-state index contributed by atoms with van der Waals surface area (Å²) in [5, 5.41) is 29.6. The third kappa shape index (κ3) is 2.68. The van der Waals surface area contributed by atoms with Crippen LogP contribution in [0.5, 0.6) is 0 Å². The summed E-state index contributed by atoms with van der Waals surface area (Å²) >= 11 is 3.81. The Bertz CT molecular complexity index is 358. The zero-order valence-electron chi connectivity index (χ0n) is 7.78. The van der Waals surface area contributed by atoms with Crippen molar-refractivity contribution < 1.29 is 15.1 Å². The summed E-state index contributed by atoms with van der Waals surface area (Å²) in [6.45, 7) is 0. The van der Waals surface area contributed by atoms with Gasteiger partial charge in [0.2, 0.25) is 0 Å². The highest BCUT2D eigenvalue weighted by Crippen LogP contribution is 2.27. The van der Waals surface area contributed by atoms with Gasteiger partial charge < -0.3 is 10.2 Å². The first-order chi connectivity index (χ1) is 7.07. The van der Waals surface area contributed by atoms with Crippen LogP contribution in [0.25, 0.3) is 0 Å². The Balaban J connectivity index is 3.07. The van der Waals surface area contributed by atoms with Gasteiger partial charge in [-0.2, -0.15) is 12.6 Å². The van der Waals surface area contributed by atoms with E-state index in [-0.39, 0.29) is 17.0 Å². The molecule has 1 aromatic carbocycles. The molecule has 15 heavy (non-hydrogen) atoms. The van der Waals surface area contributed by atoms with E-state index in [0.29, 0.717) is 0 Å². The van der Waals surface area contributed by atoms with E-state index in [1.165, 1.54) is 18.2 Å². The molecule has 0 aliphatic carbocycles. The van der Waals surface area contributed by atoms with Crippen LogP contribution in [-0.2, 0) is 0 Å². The molecule has 5 nitrogen and oxygen atoms in total. The van der Waals surface area contributed by atoms with Gasteiger partial charge in [-0.15, -0.1) is 0 Å². The highest BCUT2D eigenvalue weighted by molar-refractivity contribution is 7.80. The molecule has 6 heteroatoms. The molecular weight excluding hydrogens is 218 g/mol. The minimum absolute atomic E-state index is 0.0349. The van der Waals surface area contributed by atoms with E-state index >= 15 is 0 Å². The fraction of sp³-hybridized carbons (Fsp3) is 0.333. The number of thiol groups is 1. The van der Waals surface area contributed by atoms with Gasteiger partial charge in [0.25, 0.3) is 5.69 Å². The van der Waals surface area contributed by atoms with Crippen molar-refractivity contribution >= 4 is 18.3 Å². The van der Waals surface area contributed by atoms with Crippen molar-refractivity contribution in [2.24, 2.45) is 0 Å². The van der Waals surface area contributed by atoms with Crippen LogP contribution in [-0.4, -0.2) is 27.0 Å². The molecule has 0 aromatic heterocycles. The Morgan fingerprint density at radius 2 is 2.00 bits per heavy atom. The molecule has 0 aliphatic rings. The first kappa shape index (κ1) is 12.0. The number of nitro benzene ring substituents is 1. The number of nitrogens with zero attached hydrogens (tertiary/aromatic N) is 1. The monoisotopic (exact) mass is 229 g/mol. The van der Waals surface area contributed by atoms with Gasteiger partial charge in [-0.3, -0.25) is 10.1 Å². The highest BCUT2D eigenvalue weighted by Gasteiger charge is 2.24. The van der Waals surface area contributed by atoms with E-state index in [9.17, 15) is 20.3 Å². The maximum absolute atomic E-state index is 10.6. The molecule has 2 unspecified atom stereocenters. The van der Waals surface area contributed by atoms with Crippen LogP contribution in [0.3, 0.4) is 0 Å². The third-order valence-electron chi connectivity index (χ3n) is 2.00. The zero-order valence-corrected chi connectivity index (χ0v) is 8.67. The fourth-order valence-corrected chi connectivity index (χ4v) is 1.41. The highest BCUT2D eigenvalue weighted by atomic mass is 32.1. The van der Waals surface area contributed by atoms with E-state index in [0.717, 1.165) is 0 Å². The Hall–Kier alpha value is -1.11. The van der Waals surface area contributed by atoms with Gasteiger partial charge in [0.15, 0.2) is 0 Å². The minimum Gasteiger partial charge on any atom is -0.389 e. The second-order valence-electron chi connectivity index (χ2n) is 3.01. The average Bonchev–Trinajstić information content (AvgIpc) is 2.27. The molecule has 0 fully saturated rings. The molecule has 2 N–H and O–H groups in total. The largest absolute Gasteiger partial charge is 0.389 e. The molecule has 1 rings (SSSR count). The van der Waals surface area contributed by atoms with Crippen LogP contribution < -0.4 is 0 Å². The lowest BCUT2D eigenvalue weighted by molar-refractivity contribution is -0.386. The Morgan fingerprint density at radius 1 is 1.40 bits per heavy atom. The predicted octanol–water partition coefficient (Wildman–Crippen LogP) is 0.919. The van der Waals surface area contributed by atoms with Crippen LogP contribution in [0.4, 0.5) is 5.69 Å². The number of para-hydroxylation sites is 1. The topological polar surface area (TPSA) is 83.6 Å². The summed E-state index contributed by atoms with van der Waals surface area (Å²) in [5.41, 5.74) is -0.102. The van der Waals surface area contributed by atoms with Crippen molar-refractivity contribution in [1.29, 1.82) is 0 Å². The number of benzene rings is 1. The van der Waals surface area contributed by atoms with Crippen LogP contribution in [0, 0.1) is 10.1 Å². The molecule has 82 valence electrons. The number of aliphatic hydroxyl groups excluding tert-OH is 2. The Labute approximate surface area is 91.9 Å². The summed E-state index contributed by atoms with van der Waals surface area (Å²) in [4.78, 5) is 10.0. The molecule has 0 bridgehead atoms. The fourth-order valence-electron chi connectivity index (χ4n) is 1.21. The molecule has 0 spiro atoms. The Kier molecular flexibility index (Phi) is 4.07. The number of hydrogen-bond donors (Lipinski definition) is 3. The predicted molar refractivity (Wildman–Crippen MR) is 57.9 cm³/mol. The third-order valence-corrected chi connectivity index (χ3v) is 2.38. The molecule has 1 aromatic rings. The minimum atomic E-state index is -1.29. The molecular formula is C9H11NO4S. The smallest absolute Gasteiger partial charge is 0.275 e. The normalized spacial score (nSPS) is 14.6. The zero-order chi connectivity index (χ0) is 11.4. The molecule has 0 saturated heterocycles. The van der Waals surface area contributed by atoms with E-state index < -0.39 is 17.1 Å². The van der Waals surface area contributed by atoms with Crippen molar-refractivity contribution in [1.82, 2.24) is 0 Å². The number of hydrogen-bond acceptors (Lipinski definition) is 5. The van der Waals surface area contributed by atoms with Gasteiger partial charge >= 0.3 is 0 Å². The van der Waals surface area contributed by atoms with Gasteiger partial charge in [-0.1, -0.05) is 12.1 Å². The molecule has 2 atom stereocenters. The molecule has 0 radical (unpaired) electrons. The Morgan fingerprint density at radius 3 is 2.53 bits per heavy atom. The van der Waals surface area contributed by atoms with Crippen LogP contribution in [0.2, 0.25) is 0 Å². The lowest BCUT2D eigenvalue weighted by atomic mass is 10.0. The standard InChI is InChI=1S/C9H11NO4S/c11-8(5-15)9(12)6-3-1-2-4-7(6)10(13)14/h1-4,8-9,11-12,15H,5H2. The summed E-state index contributed by atoms with van der Waals surface area (Å²) in [5.74, 6) is 0.0349. The van der Waals surface area contributed by atoms with Gasteiger partial charge in [0.05, 0.1) is 16.6 Å². The van der Waals surface area contributed by atoms with Crippen LogP contribution in [0.1, 0.15) is 11.7 Å². The number of aliphatic hydroxyl groups is 2. The summed E-state index contributed by atoms with van der Waals surface area (Å²) < 4.78 is 0. The summed E-state index contributed by atoms with van der Waals surface area (Å²) in [6.07, 6.45) is -2.40. The first-order valence-electron chi connectivity index (χ1n) is 4.28. The van der Waals surface area contributed by atoms with Crippen LogP contribution in [0.15, 0.2) is 24.3 Å². The molecule has 0 aliphatic heterocycles. The molecule has 0 amide bonds. The maximum Gasteiger partial charge on any atom is 0.275 e. The van der Waals surface area contributed by atoms with E-state index in [1.807, 2.05) is 0 Å². The lowest BCUT2D eigenvalue weighted by Gasteiger charge is -2.15. The van der Waals surface area contributed by atoms with Crippen LogP contribution >= 0.6 is 12.6 Å². The summed E-state index contributed by atoms with van der Waals surface area (Å²) in [6, 6.07) is 5.76. The van der Waals surface area contributed by atoms with Gasteiger partial charge in [-0.05, 0) is 6.07 Å². The second kappa shape index (κ2) is 5.11. The van der Waals surface area contributed by atoms with Gasteiger partial charge in [0.1, 0.15) is 6.10 Å². The first-order valence-corrected chi connectivity index (χ1v) is 4.91. The van der Waals surface area contributed by atoms with Crippen molar-refractivity contribution in [3.05, 3.63) is 39.9 Å². The van der Waals surface area contributed by atoms with Crippen molar-refractivity contribution in [3.63, 3.8) is 0 Å². The second-order valence-corrected chi connectivity index (χ2v) is 3.38. The van der Waals surface area contributed by atoms with E-state index in [2.05, 4.69) is 12.6 Å². The summed E-state index contributed by atoms with van der Waals surface area (Å²) in [7, 11) is 0. The van der Waals surface area contributed by atoms with Gasteiger partial charge in [-0.25, -0.2) is 0 Å². The average molecular weight is 229 g/mol. The van der Waals surface area contributed by atoms with Gasteiger partial charge in [0, 0.05) is 11.8 Å². The number of nitro groups is 1. The van der Waals surface area contributed by atoms with E-state index in [4.69, 9.17) is 0 Å². The van der Waals surface area contributed by atoms with Crippen molar-refractivity contribution in [2.75, 3.05) is 5.75 Å². The van der Waals surface area contributed by atoms with Crippen molar-refractivity contribution in [3.8, 4) is 0 Å². The van der Waals surface area contributed by atoms with E-state index in [1.54, 1.807) is 6.07 Å². The molecule has 0 heterocycles. The SMILES string of the molecule is O=[N+]([O-])c1ccccc1C(O)C(O)CS. The van der Waals surface area contributed by atoms with Crippen molar-refractivity contribution in [2.45, 2.75) is 12.2 Å².